The first-order chi connectivity index (χ1) is 8.86. The normalized spacial score (nSPS) is 25.7. The van der Waals surface area contributed by atoms with Crippen LogP contribution in [0.5, 0.6) is 0 Å². The maximum atomic E-state index is 12.6. The van der Waals surface area contributed by atoms with Crippen LogP contribution in [-0.4, -0.2) is 37.0 Å². The van der Waals surface area contributed by atoms with Gasteiger partial charge in [-0.3, -0.25) is 0 Å². The molecule has 1 N–H and O–H groups in total. The molecule has 7 heteroatoms. The predicted octanol–water partition coefficient (Wildman–Crippen LogP) is 2.60. The van der Waals surface area contributed by atoms with Gasteiger partial charge in [-0.2, -0.15) is 4.31 Å². The Balaban J connectivity index is 2.25. The van der Waals surface area contributed by atoms with E-state index in [-0.39, 0.29) is 12.0 Å². The second-order valence-electron chi connectivity index (χ2n) is 4.91. The first kappa shape index (κ1) is 15.4. The number of halogens is 1. The van der Waals surface area contributed by atoms with Crippen LogP contribution in [-0.2, 0) is 10.0 Å². The summed E-state index contributed by atoms with van der Waals surface area (Å²) in [5.74, 6) is 0.0352. The first-order valence-corrected chi connectivity index (χ1v) is 9.35. The highest BCUT2D eigenvalue weighted by Crippen LogP contribution is 2.34. The molecular weight excluding hydrogens is 350 g/mol. The van der Waals surface area contributed by atoms with Crippen molar-refractivity contribution in [2.24, 2.45) is 5.92 Å². The third kappa shape index (κ3) is 3.05. The van der Waals surface area contributed by atoms with Crippen molar-refractivity contribution in [2.75, 3.05) is 13.1 Å². The second-order valence-corrected chi connectivity index (χ2v) is 9.44. The minimum atomic E-state index is -3.42. The molecule has 0 spiro atoms. The number of hydrogen-bond donors (Lipinski definition) is 1. The number of aliphatic hydroxyl groups excluding tert-OH is 1. The highest BCUT2D eigenvalue weighted by Gasteiger charge is 2.34. The fourth-order valence-electron chi connectivity index (χ4n) is 2.29. The highest BCUT2D eigenvalue weighted by molar-refractivity contribution is 9.11. The Hall–Kier alpha value is 0.0500. The van der Waals surface area contributed by atoms with E-state index in [0.29, 0.717) is 23.7 Å². The van der Waals surface area contributed by atoms with Crippen molar-refractivity contribution in [1.82, 2.24) is 4.31 Å². The van der Waals surface area contributed by atoms with Crippen LogP contribution in [0, 0.1) is 12.8 Å². The zero-order valence-electron chi connectivity index (χ0n) is 11.0. The predicted molar refractivity (Wildman–Crippen MR) is 79.9 cm³/mol. The average Bonchev–Trinajstić information content (AvgIpc) is 2.70. The zero-order chi connectivity index (χ0) is 14.2. The number of rotatable bonds is 3. The lowest BCUT2D eigenvalue weighted by Crippen LogP contribution is -2.45. The number of aliphatic hydroxyl groups is 1. The molecule has 1 aliphatic heterocycles. The van der Waals surface area contributed by atoms with E-state index in [2.05, 4.69) is 15.9 Å². The molecule has 4 nitrogen and oxygen atoms in total. The molecule has 1 aromatic rings. The number of hydrogen-bond acceptors (Lipinski definition) is 4. The van der Waals surface area contributed by atoms with Crippen LogP contribution in [0.2, 0.25) is 0 Å². The quantitative estimate of drug-likeness (QED) is 0.892. The lowest BCUT2D eigenvalue weighted by molar-refractivity contribution is 0.0521. The summed E-state index contributed by atoms with van der Waals surface area (Å²) in [7, 11) is -3.42. The molecule has 1 aromatic heterocycles. The summed E-state index contributed by atoms with van der Waals surface area (Å²) in [5, 5.41) is 9.84. The summed E-state index contributed by atoms with van der Waals surface area (Å²) in [6, 6.07) is 1.70. The molecular formula is C12H18BrNO3S2. The third-order valence-corrected chi connectivity index (χ3v) is 8.06. The molecule has 0 bridgehead atoms. The molecule has 2 unspecified atom stereocenters. The van der Waals surface area contributed by atoms with Gasteiger partial charge < -0.3 is 5.11 Å². The molecule has 1 saturated heterocycles. The number of piperidine rings is 1. The Bertz CT molecular complexity index is 536. The molecule has 19 heavy (non-hydrogen) atoms. The van der Waals surface area contributed by atoms with E-state index in [9.17, 15) is 13.5 Å². The molecule has 0 saturated carbocycles. The lowest BCUT2D eigenvalue weighted by atomic mass is 9.94. The summed E-state index contributed by atoms with van der Waals surface area (Å²) in [6.45, 7) is 4.67. The monoisotopic (exact) mass is 367 g/mol. The van der Waals surface area contributed by atoms with E-state index >= 15 is 0 Å². The summed E-state index contributed by atoms with van der Waals surface area (Å²) >= 11 is 4.61. The Morgan fingerprint density at radius 3 is 2.79 bits per heavy atom. The zero-order valence-corrected chi connectivity index (χ0v) is 14.2. The number of sulfonamides is 1. The van der Waals surface area contributed by atoms with Gasteiger partial charge in [-0.05, 0) is 53.2 Å². The molecule has 108 valence electrons. The number of thiophene rings is 1. The van der Waals surface area contributed by atoms with Crippen LogP contribution >= 0.6 is 27.3 Å². The van der Waals surface area contributed by atoms with Crippen LogP contribution in [0.25, 0.3) is 0 Å². The van der Waals surface area contributed by atoms with E-state index < -0.39 is 10.0 Å². The minimum absolute atomic E-state index is 0.0352. The van der Waals surface area contributed by atoms with Crippen LogP contribution in [0.15, 0.2) is 14.1 Å². The molecule has 0 aliphatic carbocycles. The van der Waals surface area contributed by atoms with Crippen molar-refractivity contribution < 1.29 is 13.5 Å². The van der Waals surface area contributed by atoms with E-state index in [1.54, 1.807) is 6.07 Å². The Labute approximate surface area is 126 Å². The smallest absolute Gasteiger partial charge is 0.252 e. The van der Waals surface area contributed by atoms with Crippen LogP contribution in [0.4, 0.5) is 0 Å². The maximum Gasteiger partial charge on any atom is 0.252 e. The van der Waals surface area contributed by atoms with Crippen molar-refractivity contribution >= 4 is 37.3 Å². The van der Waals surface area contributed by atoms with Gasteiger partial charge in [0.05, 0.1) is 9.89 Å². The SMILES string of the molecule is CCC1CN(S(=O)(=O)c2cc(C)c(Br)s2)CCC1O. The summed E-state index contributed by atoms with van der Waals surface area (Å²) in [6.07, 6.45) is 0.928. The van der Waals surface area contributed by atoms with Gasteiger partial charge in [0.1, 0.15) is 4.21 Å². The number of aryl methyl sites for hydroxylation is 1. The fourth-order valence-corrected chi connectivity index (χ4v) is 6.18. The van der Waals surface area contributed by atoms with Gasteiger partial charge in [0, 0.05) is 13.1 Å². The van der Waals surface area contributed by atoms with Crippen molar-refractivity contribution in [1.29, 1.82) is 0 Å². The standard InChI is InChI=1S/C12H18BrNO3S2/c1-3-9-7-14(5-4-10(9)15)19(16,17)11-6-8(2)12(13)18-11/h6,9-10,15H,3-5,7H2,1-2H3. The van der Waals surface area contributed by atoms with Gasteiger partial charge >= 0.3 is 0 Å². The average molecular weight is 368 g/mol. The Kier molecular flexibility index (Phi) is 4.72. The van der Waals surface area contributed by atoms with Gasteiger partial charge in [0.2, 0.25) is 0 Å². The first-order valence-electron chi connectivity index (χ1n) is 6.30. The molecule has 1 fully saturated rings. The third-order valence-electron chi connectivity index (χ3n) is 3.61. The van der Waals surface area contributed by atoms with Gasteiger partial charge in [0.25, 0.3) is 10.0 Å². The maximum absolute atomic E-state index is 12.6. The van der Waals surface area contributed by atoms with Gasteiger partial charge in [-0.1, -0.05) is 6.92 Å². The van der Waals surface area contributed by atoms with Crippen molar-refractivity contribution in [3.05, 3.63) is 15.4 Å². The van der Waals surface area contributed by atoms with Crippen LogP contribution in [0.1, 0.15) is 25.3 Å². The van der Waals surface area contributed by atoms with E-state index in [0.717, 1.165) is 15.8 Å². The highest BCUT2D eigenvalue weighted by atomic mass is 79.9. The summed E-state index contributed by atoms with van der Waals surface area (Å²) in [5.41, 5.74) is 0.938. The molecule has 0 aromatic carbocycles. The van der Waals surface area contributed by atoms with E-state index in [1.165, 1.54) is 15.6 Å². The molecule has 2 heterocycles. The van der Waals surface area contributed by atoms with Gasteiger partial charge in [-0.25, -0.2) is 8.42 Å². The Morgan fingerprint density at radius 1 is 1.58 bits per heavy atom. The van der Waals surface area contributed by atoms with Gasteiger partial charge in [-0.15, -0.1) is 11.3 Å². The van der Waals surface area contributed by atoms with Crippen LogP contribution < -0.4 is 0 Å². The molecule has 0 amide bonds. The summed E-state index contributed by atoms with van der Waals surface area (Å²) < 4.78 is 27.8. The second kappa shape index (κ2) is 5.81. The molecule has 2 rings (SSSR count). The van der Waals surface area contributed by atoms with E-state index in [1.807, 2.05) is 13.8 Å². The van der Waals surface area contributed by atoms with Gasteiger partial charge in [0.15, 0.2) is 0 Å². The fraction of sp³-hybridized carbons (Fsp3) is 0.667. The topological polar surface area (TPSA) is 57.6 Å². The minimum Gasteiger partial charge on any atom is -0.393 e. The van der Waals surface area contributed by atoms with Crippen LogP contribution in [0.3, 0.4) is 0 Å². The number of nitrogens with zero attached hydrogens (tertiary/aromatic N) is 1. The molecule has 1 aliphatic rings. The van der Waals surface area contributed by atoms with Crippen molar-refractivity contribution in [3.8, 4) is 0 Å². The largest absolute Gasteiger partial charge is 0.393 e. The molecule has 0 radical (unpaired) electrons. The van der Waals surface area contributed by atoms with Crippen molar-refractivity contribution in [2.45, 2.75) is 37.0 Å². The van der Waals surface area contributed by atoms with E-state index in [4.69, 9.17) is 0 Å². The Morgan fingerprint density at radius 2 is 2.26 bits per heavy atom. The summed E-state index contributed by atoms with van der Waals surface area (Å²) in [4.78, 5) is 0. The lowest BCUT2D eigenvalue weighted by Gasteiger charge is -2.34. The molecule has 2 atom stereocenters. The van der Waals surface area contributed by atoms with Crippen molar-refractivity contribution in [3.63, 3.8) is 0 Å².